The zero-order valence-corrected chi connectivity index (χ0v) is 13.1. The molecule has 1 N–H and O–H groups in total. The van der Waals surface area contributed by atoms with Gasteiger partial charge >= 0.3 is 0 Å². The number of rotatable bonds is 4. The van der Waals surface area contributed by atoms with Crippen molar-refractivity contribution in [2.24, 2.45) is 0 Å². The number of aromatic nitrogens is 2. The van der Waals surface area contributed by atoms with Crippen molar-refractivity contribution in [1.29, 1.82) is 0 Å². The Morgan fingerprint density at radius 2 is 2.15 bits per heavy atom. The van der Waals surface area contributed by atoms with E-state index in [-0.39, 0.29) is 4.90 Å². The molecule has 106 valence electrons. The van der Waals surface area contributed by atoms with Crippen LogP contribution in [0.15, 0.2) is 17.0 Å². The zero-order chi connectivity index (χ0) is 15.0. The molecular weight excluding hydrogens is 294 g/mol. The van der Waals surface area contributed by atoms with Crippen LogP contribution in [0.3, 0.4) is 0 Å². The first-order valence-corrected chi connectivity index (χ1v) is 8.28. The lowest BCUT2D eigenvalue weighted by molar-refractivity contribution is 0.500. The molecule has 2 rings (SSSR count). The molecule has 0 aliphatic heterocycles. The molecule has 0 aliphatic rings. The Labute approximate surface area is 122 Å². The van der Waals surface area contributed by atoms with Crippen LogP contribution >= 0.6 is 11.7 Å². The lowest BCUT2D eigenvalue weighted by Crippen LogP contribution is -2.44. The fourth-order valence-corrected chi connectivity index (χ4v) is 4.21. The molecule has 0 bridgehead atoms. The van der Waals surface area contributed by atoms with E-state index in [2.05, 4.69) is 19.4 Å². The topological polar surface area (TPSA) is 72.0 Å². The monoisotopic (exact) mass is 309 g/mol. The summed E-state index contributed by atoms with van der Waals surface area (Å²) in [5, 5.41) is 0. The van der Waals surface area contributed by atoms with Gasteiger partial charge in [-0.2, -0.15) is 13.5 Å². The second-order valence-electron chi connectivity index (χ2n) is 4.78. The first kappa shape index (κ1) is 14.9. The van der Waals surface area contributed by atoms with Crippen LogP contribution in [0.2, 0.25) is 0 Å². The van der Waals surface area contributed by atoms with Gasteiger partial charge in [-0.3, -0.25) is 0 Å². The van der Waals surface area contributed by atoms with Crippen LogP contribution < -0.4 is 4.72 Å². The fourth-order valence-electron chi connectivity index (χ4n) is 1.82. The molecule has 5 nitrogen and oxygen atoms in total. The summed E-state index contributed by atoms with van der Waals surface area (Å²) in [5.41, 5.74) is 0.655. The third-order valence-corrected chi connectivity index (χ3v) is 5.55. The molecule has 0 saturated heterocycles. The molecular formula is C13H15N3O2S2. The second kappa shape index (κ2) is 5.13. The molecule has 1 atom stereocenters. The van der Waals surface area contributed by atoms with Crippen LogP contribution in [0.1, 0.15) is 25.8 Å². The molecule has 20 heavy (non-hydrogen) atoms. The van der Waals surface area contributed by atoms with Gasteiger partial charge in [-0.1, -0.05) is 18.9 Å². The number of terminal acetylenes is 1. The standard InChI is InChI=1S/C13H15N3O2S2/c1-5-13(4,6-2)16-20(17,18)12-9(3)7-8-10-11(12)15-19-14-10/h1,7-8,16H,6H2,2-4H3. The van der Waals surface area contributed by atoms with Crippen molar-refractivity contribution in [3.63, 3.8) is 0 Å². The summed E-state index contributed by atoms with van der Waals surface area (Å²) in [4.78, 5) is 0.152. The summed E-state index contributed by atoms with van der Waals surface area (Å²) in [6, 6.07) is 3.48. The molecule has 1 aromatic carbocycles. The summed E-state index contributed by atoms with van der Waals surface area (Å²) in [6.07, 6.45) is 5.92. The van der Waals surface area contributed by atoms with Gasteiger partial charge in [-0.05, 0) is 31.9 Å². The van der Waals surface area contributed by atoms with Crippen LogP contribution in [0, 0.1) is 19.3 Å². The lowest BCUT2D eigenvalue weighted by Gasteiger charge is -2.23. The number of aryl methyl sites for hydroxylation is 1. The molecule has 1 heterocycles. The summed E-state index contributed by atoms with van der Waals surface area (Å²) in [6.45, 7) is 5.24. The van der Waals surface area contributed by atoms with E-state index in [1.165, 1.54) is 0 Å². The number of nitrogens with zero attached hydrogens (tertiary/aromatic N) is 2. The minimum absolute atomic E-state index is 0.152. The van der Waals surface area contributed by atoms with Gasteiger partial charge in [-0.15, -0.1) is 6.42 Å². The van der Waals surface area contributed by atoms with E-state index in [1.54, 1.807) is 26.0 Å². The lowest BCUT2D eigenvalue weighted by atomic mass is 10.0. The van der Waals surface area contributed by atoms with Gasteiger partial charge in [0, 0.05) is 0 Å². The predicted octanol–water partition coefficient (Wildman–Crippen LogP) is 2.08. The van der Waals surface area contributed by atoms with E-state index in [0.717, 1.165) is 11.7 Å². The van der Waals surface area contributed by atoms with E-state index < -0.39 is 15.6 Å². The molecule has 1 unspecified atom stereocenters. The molecule has 7 heteroatoms. The average Bonchev–Trinajstić information content (AvgIpc) is 2.85. The van der Waals surface area contributed by atoms with E-state index in [0.29, 0.717) is 23.0 Å². The number of hydrogen-bond donors (Lipinski definition) is 1. The average molecular weight is 309 g/mol. The highest BCUT2D eigenvalue weighted by molar-refractivity contribution is 7.89. The number of hydrogen-bond acceptors (Lipinski definition) is 5. The summed E-state index contributed by atoms with van der Waals surface area (Å²) >= 11 is 0.989. The molecule has 1 aromatic heterocycles. The molecule has 0 fully saturated rings. The van der Waals surface area contributed by atoms with Gasteiger partial charge in [0.15, 0.2) is 0 Å². The third kappa shape index (κ3) is 2.54. The fraction of sp³-hybridized carbons (Fsp3) is 0.385. The van der Waals surface area contributed by atoms with E-state index >= 15 is 0 Å². The molecule has 0 aliphatic carbocycles. The predicted molar refractivity (Wildman–Crippen MR) is 80.0 cm³/mol. The Morgan fingerprint density at radius 3 is 2.75 bits per heavy atom. The SMILES string of the molecule is C#CC(C)(CC)NS(=O)(=O)c1c(C)ccc2nsnc12. The van der Waals surface area contributed by atoms with Crippen molar-refractivity contribution in [3.05, 3.63) is 17.7 Å². The highest BCUT2D eigenvalue weighted by atomic mass is 32.2. The van der Waals surface area contributed by atoms with Crippen molar-refractivity contribution < 1.29 is 8.42 Å². The second-order valence-corrected chi connectivity index (χ2v) is 6.93. The van der Waals surface area contributed by atoms with E-state index in [4.69, 9.17) is 6.42 Å². The number of sulfonamides is 1. The van der Waals surface area contributed by atoms with Crippen molar-refractivity contribution in [2.45, 2.75) is 37.6 Å². The van der Waals surface area contributed by atoms with Gasteiger partial charge in [0.2, 0.25) is 10.0 Å². The number of benzene rings is 1. The van der Waals surface area contributed by atoms with E-state index in [9.17, 15) is 8.42 Å². The van der Waals surface area contributed by atoms with Crippen LogP contribution in [-0.2, 0) is 10.0 Å². The Balaban J connectivity index is 2.61. The van der Waals surface area contributed by atoms with Crippen LogP contribution in [-0.4, -0.2) is 22.7 Å². The molecule has 0 spiro atoms. The smallest absolute Gasteiger partial charge is 0.207 e. The maximum Gasteiger partial charge on any atom is 0.244 e. The molecule has 0 radical (unpaired) electrons. The van der Waals surface area contributed by atoms with Gasteiger partial charge in [0.05, 0.1) is 17.3 Å². The van der Waals surface area contributed by atoms with Crippen molar-refractivity contribution >= 4 is 32.8 Å². The quantitative estimate of drug-likeness (QED) is 0.878. The highest BCUT2D eigenvalue weighted by Crippen LogP contribution is 2.26. The van der Waals surface area contributed by atoms with Gasteiger partial charge in [-0.25, -0.2) is 8.42 Å². The first-order chi connectivity index (χ1) is 9.33. The minimum atomic E-state index is -3.76. The molecule has 2 aromatic rings. The third-order valence-electron chi connectivity index (χ3n) is 3.23. The van der Waals surface area contributed by atoms with Gasteiger partial charge < -0.3 is 0 Å². The first-order valence-electron chi connectivity index (χ1n) is 6.06. The molecule has 0 amide bonds. The van der Waals surface area contributed by atoms with Gasteiger partial charge in [0.1, 0.15) is 15.9 Å². The molecule has 0 saturated carbocycles. The summed E-state index contributed by atoms with van der Waals surface area (Å²) in [7, 11) is -3.76. The highest BCUT2D eigenvalue weighted by Gasteiger charge is 2.30. The maximum atomic E-state index is 12.6. The number of nitrogens with one attached hydrogen (secondary N) is 1. The van der Waals surface area contributed by atoms with Crippen molar-refractivity contribution in [1.82, 2.24) is 13.5 Å². The van der Waals surface area contributed by atoms with Crippen LogP contribution in [0.4, 0.5) is 0 Å². The minimum Gasteiger partial charge on any atom is -0.207 e. The van der Waals surface area contributed by atoms with Crippen LogP contribution in [0.5, 0.6) is 0 Å². The Bertz CT molecular complexity index is 790. The van der Waals surface area contributed by atoms with Crippen molar-refractivity contribution in [2.75, 3.05) is 0 Å². The van der Waals surface area contributed by atoms with Gasteiger partial charge in [0.25, 0.3) is 0 Å². The summed E-state index contributed by atoms with van der Waals surface area (Å²) in [5.74, 6) is 2.49. The number of fused-ring (bicyclic) bond motifs is 1. The Morgan fingerprint density at radius 1 is 1.45 bits per heavy atom. The normalized spacial score (nSPS) is 14.9. The Hall–Kier alpha value is -1.49. The van der Waals surface area contributed by atoms with E-state index in [1.807, 2.05) is 6.92 Å². The summed E-state index contributed by atoms with van der Waals surface area (Å²) < 4.78 is 36.0. The van der Waals surface area contributed by atoms with Crippen LogP contribution in [0.25, 0.3) is 11.0 Å². The maximum absolute atomic E-state index is 12.6. The van der Waals surface area contributed by atoms with Crippen molar-refractivity contribution in [3.8, 4) is 12.3 Å². The zero-order valence-electron chi connectivity index (χ0n) is 11.5. The largest absolute Gasteiger partial charge is 0.244 e. The Kier molecular flexibility index (Phi) is 3.82.